The SMILES string of the molecule is CCCNc1ncc(Cl)c(N(CCOC)C2CC2)n1. The number of rotatable bonds is 8. The van der Waals surface area contributed by atoms with Crippen molar-refractivity contribution in [3.63, 3.8) is 0 Å². The van der Waals surface area contributed by atoms with Crippen molar-refractivity contribution < 1.29 is 4.74 Å². The number of anilines is 2. The normalized spacial score (nSPS) is 14.5. The third kappa shape index (κ3) is 3.94. The Kier molecular flexibility index (Phi) is 5.22. The Bertz CT molecular complexity index is 412. The van der Waals surface area contributed by atoms with Gasteiger partial charge in [-0.1, -0.05) is 18.5 Å². The van der Waals surface area contributed by atoms with Gasteiger partial charge in [-0.05, 0) is 19.3 Å². The molecule has 0 atom stereocenters. The van der Waals surface area contributed by atoms with Crippen molar-refractivity contribution in [2.24, 2.45) is 0 Å². The largest absolute Gasteiger partial charge is 0.383 e. The van der Waals surface area contributed by atoms with Crippen LogP contribution in [0.5, 0.6) is 0 Å². The molecular formula is C13H21ClN4O. The van der Waals surface area contributed by atoms with Crippen molar-refractivity contribution >= 4 is 23.4 Å². The predicted molar refractivity (Wildman–Crippen MR) is 78.1 cm³/mol. The van der Waals surface area contributed by atoms with Gasteiger partial charge in [0.2, 0.25) is 5.95 Å². The summed E-state index contributed by atoms with van der Waals surface area (Å²) in [6.07, 6.45) is 5.10. The third-order valence-corrected chi connectivity index (χ3v) is 3.32. The van der Waals surface area contributed by atoms with Crippen LogP contribution in [0.2, 0.25) is 5.02 Å². The molecule has 5 nitrogen and oxygen atoms in total. The van der Waals surface area contributed by atoms with Gasteiger partial charge in [-0.3, -0.25) is 0 Å². The highest BCUT2D eigenvalue weighted by Crippen LogP contribution is 2.34. The Morgan fingerprint density at radius 3 is 2.95 bits per heavy atom. The minimum absolute atomic E-state index is 0.543. The van der Waals surface area contributed by atoms with E-state index in [9.17, 15) is 0 Å². The van der Waals surface area contributed by atoms with Crippen LogP contribution in [0.15, 0.2) is 6.20 Å². The summed E-state index contributed by atoms with van der Waals surface area (Å²) in [5.74, 6) is 1.46. The van der Waals surface area contributed by atoms with Crippen molar-refractivity contribution in [3.05, 3.63) is 11.2 Å². The van der Waals surface area contributed by atoms with Crippen molar-refractivity contribution in [1.82, 2.24) is 9.97 Å². The van der Waals surface area contributed by atoms with Crippen LogP contribution in [0.1, 0.15) is 26.2 Å². The van der Waals surface area contributed by atoms with Crippen LogP contribution in [0.3, 0.4) is 0 Å². The van der Waals surface area contributed by atoms with Crippen LogP contribution in [0, 0.1) is 0 Å². The molecule has 1 aliphatic carbocycles. The van der Waals surface area contributed by atoms with Gasteiger partial charge in [-0.2, -0.15) is 4.98 Å². The fraction of sp³-hybridized carbons (Fsp3) is 0.692. The first-order chi connectivity index (χ1) is 9.26. The Labute approximate surface area is 119 Å². The molecule has 6 heteroatoms. The molecule has 1 N–H and O–H groups in total. The number of aromatic nitrogens is 2. The van der Waals surface area contributed by atoms with Gasteiger partial charge < -0.3 is 15.0 Å². The van der Waals surface area contributed by atoms with E-state index in [0.29, 0.717) is 23.6 Å². The van der Waals surface area contributed by atoms with E-state index in [1.165, 1.54) is 12.8 Å². The maximum atomic E-state index is 6.24. The zero-order chi connectivity index (χ0) is 13.7. The van der Waals surface area contributed by atoms with E-state index in [1.807, 2.05) is 0 Å². The molecule has 0 aliphatic heterocycles. The second kappa shape index (κ2) is 6.91. The first-order valence-corrected chi connectivity index (χ1v) is 7.16. The van der Waals surface area contributed by atoms with Gasteiger partial charge >= 0.3 is 0 Å². The number of ether oxygens (including phenoxy) is 1. The maximum absolute atomic E-state index is 6.24. The lowest BCUT2D eigenvalue weighted by atomic mass is 10.4. The zero-order valence-corrected chi connectivity index (χ0v) is 12.3. The molecule has 0 radical (unpaired) electrons. The Hall–Kier alpha value is -1.07. The highest BCUT2D eigenvalue weighted by molar-refractivity contribution is 6.32. The maximum Gasteiger partial charge on any atom is 0.224 e. The highest BCUT2D eigenvalue weighted by Gasteiger charge is 2.31. The molecule has 2 rings (SSSR count). The summed E-state index contributed by atoms with van der Waals surface area (Å²) in [6.45, 7) is 4.46. The molecule has 1 aromatic heterocycles. The fourth-order valence-electron chi connectivity index (χ4n) is 1.92. The van der Waals surface area contributed by atoms with Gasteiger partial charge in [0.15, 0.2) is 5.82 Å². The number of nitrogens with zero attached hydrogens (tertiary/aromatic N) is 3. The molecule has 0 bridgehead atoms. The van der Waals surface area contributed by atoms with Crippen molar-refractivity contribution in [2.75, 3.05) is 37.0 Å². The van der Waals surface area contributed by atoms with E-state index in [2.05, 4.69) is 27.1 Å². The van der Waals surface area contributed by atoms with E-state index in [0.717, 1.165) is 25.3 Å². The molecule has 1 saturated carbocycles. The number of hydrogen-bond donors (Lipinski definition) is 1. The molecular weight excluding hydrogens is 264 g/mol. The predicted octanol–water partition coefficient (Wildman–Crippen LogP) is 2.57. The second-order valence-corrected chi connectivity index (χ2v) is 5.12. The third-order valence-electron chi connectivity index (χ3n) is 3.05. The molecule has 1 fully saturated rings. The van der Waals surface area contributed by atoms with Gasteiger partial charge in [-0.25, -0.2) is 4.98 Å². The number of halogens is 1. The quantitative estimate of drug-likeness (QED) is 0.795. The molecule has 1 aliphatic rings. The van der Waals surface area contributed by atoms with Crippen LogP contribution in [-0.4, -0.2) is 42.8 Å². The summed E-state index contributed by atoms with van der Waals surface area (Å²) in [7, 11) is 1.71. The Balaban J connectivity index is 2.14. The Morgan fingerprint density at radius 2 is 2.32 bits per heavy atom. The second-order valence-electron chi connectivity index (χ2n) is 4.71. The monoisotopic (exact) mass is 284 g/mol. The van der Waals surface area contributed by atoms with E-state index < -0.39 is 0 Å². The van der Waals surface area contributed by atoms with Crippen LogP contribution < -0.4 is 10.2 Å². The topological polar surface area (TPSA) is 50.3 Å². The smallest absolute Gasteiger partial charge is 0.224 e. The lowest BCUT2D eigenvalue weighted by Crippen LogP contribution is -2.30. The molecule has 0 unspecified atom stereocenters. The summed E-state index contributed by atoms with van der Waals surface area (Å²) in [6, 6.07) is 0.543. The van der Waals surface area contributed by atoms with Crippen LogP contribution in [-0.2, 0) is 4.74 Å². The summed E-state index contributed by atoms with van der Waals surface area (Å²) in [5, 5.41) is 3.80. The summed E-state index contributed by atoms with van der Waals surface area (Å²) in [4.78, 5) is 11.0. The number of nitrogens with one attached hydrogen (secondary N) is 1. The van der Waals surface area contributed by atoms with Crippen molar-refractivity contribution in [1.29, 1.82) is 0 Å². The molecule has 0 spiro atoms. The van der Waals surface area contributed by atoms with E-state index in [4.69, 9.17) is 16.3 Å². The van der Waals surface area contributed by atoms with Gasteiger partial charge in [-0.15, -0.1) is 0 Å². The summed E-state index contributed by atoms with van der Waals surface area (Å²) in [5.41, 5.74) is 0. The molecule has 0 amide bonds. The van der Waals surface area contributed by atoms with E-state index >= 15 is 0 Å². The first-order valence-electron chi connectivity index (χ1n) is 6.78. The molecule has 19 heavy (non-hydrogen) atoms. The molecule has 1 heterocycles. The van der Waals surface area contributed by atoms with Gasteiger partial charge in [0, 0.05) is 26.2 Å². The van der Waals surface area contributed by atoms with Crippen molar-refractivity contribution in [2.45, 2.75) is 32.2 Å². The van der Waals surface area contributed by atoms with Crippen LogP contribution in [0.4, 0.5) is 11.8 Å². The first kappa shape index (κ1) is 14.3. The molecule has 0 aromatic carbocycles. The summed E-state index contributed by atoms with van der Waals surface area (Å²) < 4.78 is 5.16. The van der Waals surface area contributed by atoms with Gasteiger partial charge in [0.1, 0.15) is 5.02 Å². The highest BCUT2D eigenvalue weighted by atomic mass is 35.5. The van der Waals surface area contributed by atoms with Gasteiger partial charge in [0.25, 0.3) is 0 Å². The number of hydrogen-bond acceptors (Lipinski definition) is 5. The lowest BCUT2D eigenvalue weighted by Gasteiger charge is -2.24. The fourth-order valence-corrected chi connectivity index (χ4v) is 2.12. The average molecular weight is 285 g/mol. The zero-order valence-electron chi connectivity index (χ0n) is 11.5. The molecule has 106 valence electrons. The molecule has 0 saturated heterocycles. The molecule has 1 aromatic rings. The van der Waals surface area contributed by atoms with E-state index in [1.54, 1.807) is 13.3 Å². The number of methoxy groups -OCH3 is 1. The Morgan fingerprint density at radius 1 is 1.53 bits per heavy atom. The standard InChI is InChI=1S/C13H21ClN4O/c1-3-6-15-13-16-9-11(14)12(17-13)18(7-8-19-2)10-4-5-10/h9-10H,3-8H2,1-2H3,(H,15,16,17). The summed E-state index contributed by atoms with van der Waals surface area (Å²) >= 11 is 6.24. The lowest BCUT2D eigenvalue weighted by molar-refractivity contribution is 0.204. The minimum Gasteiger partial charge on any atom is -0.383 e. The van der Waals surface area contributed by atoms with Crippen LogP contribution in [0.25, 0.3) is 0 Å². The van der Waals surface area contributed by atoms with Gasteiger partial charge in [0.05, 0.1) is 12.8 Å². The minimum atomic E-state index is 0.543. The average Bonchev–Trinajstić information content (AvgIpc) is 3.24. The van der Waals surface area contributed by atoms with E-state index in [-0.39, 0.29) is 0 Å². The van der Waals surface area contributed by atoms with Crippen LogP contribution >= 0.6 is 11.6 Å². The van der Waals surface area contributed by atoms with Crippen molar-refractivity contribution in [3.8, 4) is 0 Å².